The molecule has 224 valence electrons. The molecule has 1 aromatic heterocycles. The number of amides is 1. The summed E-state index contributed by atoms with van der Waals surface area (Å²) in [5.41, 5.74) is 6.14. The van der Waals surface area contributed by atoms with Crippen LogP contribution in [0.4, 0.5) is 0 Å². The molecular weight excluding hydrogens is 542 g/mol. The third-order valence-corrected chi connectivity index (χ3v) is 8.53. The third-order valence-electron chi connectivity index (χ3n) is 8.53. The van der Waals surface area contributed by atoms with E-state index >= 15 is 0 Å². The van der Waals surface area contributed by atoms with Gasteiger partial charge in [-0.1, -0.05) is 53.7 Å². The minimum absolute atomic E-state index is 0.0162. The lowest BCUT2D eigenvalue weighted by Crippen LogP contribution is -2.40. The zero-order valence-electron chi connectivity index (χ0n) is 24.9. The van der Waals surface area contributed by atoms with Crippen LogP contribution < -0.4 is 14.8 Å². The second-order valence-electron chi connectivity index (χ2n) is 11.4. The summed E-state index contributed by atoms with van der Waals surface area (Å²) < 4.78 is 16.2. The third kappa shape index (κ3) is 7.06. The molecule has 0 radical (unpaired) electrons. The fourth-order valence-electron chi connectivity index (χ4n) is 6.00. The monoisotopic (exact) mass is 581 g/mol. The molecular formula is C34H39N5O4. The molecule has 43 heavy (non-hydrogen) atoms. The Balaban J connectivity index is 0.931. The van der Waals surface area contributed by atoms with E-state index in [1.807, 2.05) is 18.2 Å². The van der Waals surface area contributed by atoms with E-state index in [0.717, 1.165) is 63.1 Å². The average molecular weight is 582 g/mol. The highest BCUT2D eigenvalue weighted by atomic mass is 16.5. The lowest BCUT2D eigenvalue weighted by atomic mass is 9.96. The summed E-state index contributed by atoms with van der Waals surface area (Å²) >= 11 is 0. The van der Waals surface area contributed by atoms with Gasteiger partial charge in [-0.05, 0) is 72.8 Å². The van der Waals surface area contributed by atoms with Gasteiger partial charge in [0.2, 0.25) is 17.6 Å². The molecule has 4 aromatic rings. The molecule has 0 bridgehead atoms. The van der Waals surface area contributed by atoms with Crippen LogP contribution in [-0.4, -0.2) is 59.7 Å². The maximum Gasteiger partial charge on any atom is 0.241 e. The highest BCUT2D eigenvalue weighted by Crippen LogP contribution is 2.31. The predicted molar refractivity (Wildman–Crippen MR) is 163 cm³/mol. The number of aromatic nitrogens is 2. The Morgan fingerprint density at radius 3 is 2.40 bits per heavy atom. The first-order valence-electron chi connectivity index (χ1n) is 15.0. The molecule has 9 heteroatoms. The highest BCUT2D eigenvalue weighted by Gasteiger charge is 2.26. The quantitative estimate of drug-likeness (QED) is 0.285. The summed E-state index contributed by atoms with van der Waals surface area (Å²) in [5.74, 6) is 2.47. The van der Waals surface area contributed by atoms with Gasteiger partial charge in [0.05, 0.1) is 20.8 Å². The Kier molecular flexibility index (Phi) is 9.00. The number of ether oxygens (including phenoxy) is 2. The van der Waals surface area contributed by atoms with Crippen molar-refractivity contribution in [1.29, 1.82) is 0 Å². The molecule has 2 aliphatic rings. The fourth-order valence-corrected chi connectivity index (χ4v) is 6.00. The van der Waals surface area contributed by atoms with E-state index in [1.165, 1.54) is 16.7 Å². The van der Waals surface area contributed by atoms with E-state index in [-0.39, 0.29) is 11.8 Å². The van der Waals surface area contributed by atoms with E-state index in [9.17, 15) is 4.79 Å². The number of rotatable bonds is 10. The number of carbonyl (C=O) groups is 1. The lowest BCUT2D eigenvalue weighted by Gasteiger charge is -2.30. The van der Waals surface area contributed by atoms with Crippen LogP contribution in [-0.2, 0) is 37.4 Å². The van der Waals surface area contributed by atoms with Crippen LogP contribution in [0.5, 0.6) is 11.5 Å². The summed E-state index contributed by atoms with van der Waals surface area (Å²) in [4.78, 5) is 22.3. The highest BCUT2D eigenvalue weighted by molar-refractivity contribution is 5.78. The molecule has 0 saturated carbocycles. The molecule has 1 amide bonds. The number of nitrogens with zero attached hydrogens (tertiary/aromatic N) is 4. The van der Waals surface area contributed by atoms with Gasteiger partial charge < -0.3 is 19.3 Å². The molecule has 0 unspecified atom stereocenters. The molecule has 1 N–H and O–H groups in total. The molecule has 6 rings (SSSR count). The Labute approximate surface area is 252 Å². The molecule has 1 saturated heterocycles. The van der Waals surface area contributed by atoms with Gasteiger partial charge >= 0.3 is 0 Å². The predicted octanol–water partition coefficient (Wildman–Crippen LogP) is 4.84. The molecule has 9 nitrogen and oxygen atoms in total. The van der Waals surface area contributed by atoms with Crippen molar-refractivity contribution in [3.8, 4) is 22.9 Å². The van der Waals surface area contributed by atoms with Crippen molar-refractivity contribution in [2.24, 2.45) is 5.92 Å². The Morgan fingerprint density at radius 2 is 1.63 bits per heavy atom. The molecule has 0 aliphatic carbocycles. The van der Waals surface area contributed by atoms with Gasteiger partial charge in [0.1, 0.15) is 0 Å². The number of carbonyl (C=O) groups excluding carboxylic acids is 1. The SMILES string of the molecule is COc1ccc(-c2noc(CN3CCC(C(=O)NCc4ccc(CN5CCc6ccccc6C5)cc4)CC3)n2)cc1OC. The molecule has 2 aliphatic heterocycles. The van der Waals surface area contributed by atoms with E-state index in [0.29, 0.717) is 36.3 Å². The molecule has 0 atom stereocenters. The van der Waals surface area contributed by atoms with Gasteiger partial charge in [0.25, 0.3) is 0 Å². The Bertz CT molecular complexity index is 1530. The summed E-state index contributed by atoms with van der Waals surface area (Å²) in [6, 6.07) is 22.9. The lowest BCUT2D eigenvalue weighted by molar-refractivity contribution is -0.126. The second-order valence-corrected chi connectivity index (χ2v) is 11.4. The van der Waals surface area contributed by atoms with E-state index in [2.05, 4.69) is 73.8 Å². The number of hydrogen-bond donors (Lipinski definition) is 1. The minimum Gasteiger partial charge on any atom is -0.493 e. The number of hydrogen-bond acceptors (Lipinski definition) is 8. The zero-order valence-corrected chi connectivity index (χ0v) is 24.9. The van der Waals surface area contributed by atoms with Gasteiger partial charge in [0.15, 0.2) is 11.5 Å². The summed E-state index contributed by atoms with van der Waals surface area (Å²) in [6.45, 7) is 5.76. The topological polar surface area (TPSA) is 93.0 Å². The summed E-state index contributed by atoms with van der Waals surface area (Å²) in [6.07, 6.45) is 2.72. The van der Waals surface area contributed by atoms with Crippen molar-refractivity contribution in [2.45, 2.75) is 45.4 Å². The van der Waals surface area contributed by atoms with Crippen LogP contribution in [0.15, 0.2) is 71.3 Å². The van der Waals surface area contributed by atoms with Crippen molar-refractivity contribution in [2.75, 3.05) is 33.9 Å². The second kappa shape index (κ2) is 13.4. The molecule has 0 spiro atoms. The van der Waals surface area contributed by atoms with Crippen LogP contribution in [0.2, 0.25) is 0 Å². The van der Waals surface area contributed by atoms with Crippen molar-refractivity contribution >= 4 is 5.91 Å². The molecule has 3 heterocycles. The van der Waals surface area contributed by atoms with Crippen LogP contribution in [0.1, 0.15) is 41.0 Å². The first kappa shape index (κ1) is 28.9. The Hall–Kier alpha value is -4.21. The van der Waals surface area contributed by atoms with E-state index < -0.39 is 0 Å². The maximum atomic E-state index is 12.9. The molecule has 3 aromatic carbocycles. The largest absolute Gasteiger partial charge is 0.493 e. The first-order valence-corrected chi connectivity index (χ1v) is 15.0. The van der Waals surface area contributed by atoms with Crippen LogP contribution in [0, 0.1) is 5.92 Å². The van der Waals surface area contributed by atoms with Crippen molar-refractivity contribution in [3.05, 3.63) is 94.9 Å². The number of fused-ring (bicyclic) bond motifs is 1. The number of nitrogens with one attached hydrogen (secondary N) is 1. The van der Waals surface area contributed by atoms with Crippen LogP contribution >= 0.6 is 0 Å². The number of likely N-dealkylation sites (tertiary alicyclic amines) is 1. The smallest absolute Gasteiger partial charge is 0.241 e. The minimum atomic E-state index is 0.0162. The first-order chi connectivity index (χ1) is 21.1. The molecule has 1 fully saturated rings. The van der Waals surface area contributed by atoms with Gasteiger partial charge in [-0.3, -0.25) is 14.6 Å². The van der Waals surface area contributed by atoms with Crippen LogP contribution in [0.25, 0.3) is 11.4 Å². The number of benzene rings is 3. The van der Waals surface area contributed by atoms with Gasteiger partial charge in [-0.25, -0.2) is 0 Å². The summed E-state index contributed by atoms with van der Waals surface area (Å²) in [5, 5.41) is 7.30. The van der Waals surface area contributed by atoms with E-state index in [4.69, 9.17) is 14.0 Å². The summed E-state index contributed by atoms with van der Waals surface area (Å²) in [7, 11) is 3.20. The zero-order chi connectivity index (χ0) is 29.6. The maximum absolute atomic E-state index is 12.9. The van der Waals surface area contributed by atoms with Crippen molar-refractivity contribution < 1.29 is 18.8 Å². The number of piperidine rings is 1. The normalized spacial score (nSPS) is 16.0. The van der Waals surface area contributed by atoms with Gasteiger partial charge in [0, 0.05) is 37.7 Å². The Morgan fingerprint density at radius 1 is 0.884 bits per heavy atom. The fraction of sp³-hybridized carbons (Fsp3) is 0.382. The van der Waals surface area contributed by atoms with E-state index in [1.54, 1.807) is 14.2 Å². The van der Waals surface area contributed by atoms with Gasteiger partial charge in [-0.2, -0.15) is 4.98 Å². The van der Waals surface area contributed by atoms with Crippen molar-refractivity contribution in [3.63, 3.8) is 0 Å². The van der Waals surface area contributed by atoms with Crippen LogP contribution in [0.3, 0.4) is 0 Å². The standard InChI is InChI=1S/C34H39N5O4/c1-41-30-12-11-28(19-31(30)42-2)33-36-32(43-37-33)23-38-16-14-27(15-17-38)34(40)35-20-24-7-9-25(10-8-24)21-39-18-13-26-5-3-4-6-29(26)22-39/h3-12,19,27H,13-18,20-23H2,1-2H3,(H,35,40). The van der Waals surface area contributed by atoms with Gasteiger partial charge in [-0.15, -0.1) is 0 Å². The number of methoxy groups -OCH3 is 2. The average Bonchev–Trinajstić information content (AvgIpc) is 3.52. The van der Waals surface area contributed by atoms with Crippen molar-refractivity contribution in [1.82, 2.24) is 25.3 Å².